The molecular formula is C32H22N4O7. The van der Waals surface area contributed by atoms with Gasteiger partial charge in [0.05, 0.1) is 28.2 Å². The molecule has 4 aromatic carbocycles. The van der Waals surface area contributed by atoms with Gasteiger partial charge < -0.3 is 0 Å². The van der Waals surface area contributed by atoms with Crippen molar-refractivity contribution >= 4 is 29.1 Å². The average Bonchev–Trinajstić information content (AvgIpc) is 3.29. The number of rotatable bonds is 6. The lowest BCUT2D eigenvalue weighted by Crippen LogP contribution is -2.50. The van der Waals surface area contributed by atoms with Crippen molar-refractivity contribution < 1.29 is 24.2 Å². The molecule has 1 saturated heterocycles. The molecule has 8 rings (SSSR count). The van der Waals surface area contributed by atoms with E-state index in [2.05, 4.69) is 0 Å². The van der Waals surface area contributed by atoms with Gasteiger partial charge in [-0.15, -0.1) is 0 Å². The van der Waals surface area contributed by atoms with Crippen LogP contribution in [0.1, 0.15) is 50.0 Å². The molecule has 11 nitrogen and oxygen atoms in total. The third-order valence-electron chi connectivity index (χ3n) is 8.71. The van der Waals surface area contributed by atoms with Crippen LogP contribution >= 0.6 is 0 Å². The Bertz CT molecular complexity index is 1760. The lowest BCUT2D eigenvalue weighted by molar-refractivity contribution is -0.385. The number of benzene rings is 4. The Morgan fingerprint density at radius 2 is 1.14 bits per heavy atom. The van der Waals surface area contributed by atoms with E-state index in [9.17, 15) is 34.6 Å². The Morgan fingerprint density at radius 1 is 0.674 bits per heavy atom. The van der Waals surface area contributed by atoms with Crippen LogP contribution in [-0.4, -0.2) is 37.6 Å². The van der Waals surface area contributed by atoms with Crippen LogP contribution in [0, 0.1) is 32.1 Å². The van der Waals surface area contributed by atoms with Crippen LogP contribution in [0.2, 0.25) is 0 Å². The summed E-state index contributed by atoms with van der Waals surface area (Å²) >= 11 is 0. The molecule has 11 heteroatoms. The quantitative estimate of drug-likeness (QED) is 0.180. The molecule has 0 N–H and O–H groups in total. The molecule has 43 heavy (non-hydrogen) atoms. The number of nitrogens with zero attached hydrogens (tertiary/aromatic N) is 4. The van der Waals surface area contributed by atoms with Crippen molar-refractivity contribution in [3.05, 3.63) is 151 Å². The number of imide groups is 1. The van der Waals surface area contributed by atoms with Crippen LogP contribution in [0.4, 0.5) is 11.4 Å². The van der Waals surface area contributed by atoms with E-state index < -0.39 is 56.9 Å². The van der Waals surface area contributed by atoms with Gasteiger partial charge in [0.15, 0.2) is 0 Å². The smallest absolute Gasteiger partial charge is 0.272 e. The highest BCUT2D eigenvalue weighted by molar-refractivity contribution is 6.10. The maximum absolute atomic E-state index is 14.4. The maximum atomic E-state index is 14.4. The molecule has 1 fully saturated rings. The first-order valence-electron chi connectivity index (χ1n) is 13.6. The summed E-state index contributed by atoms with van der Waals surface area (Å²) in [4.78, 5) is 64.6. The van der Waals surface area contributed by atoms with E-state index in [-0.39, 0.29) is 17.8 Å². The van der Waals surface area contributed by atoms with E-state index >= 15 is 0 Å². The number of hydrogen-bond donors (Lipinski definition) is 0. The number of carbonyl (C=O) groups is 3. The molecule has 4 aliphatic rings. The Labute approximate surface area is 244 Å². The SMILES string of the molecule is O=C(c1ccccc1[N+](=O)[O-])N(Cc1ccc([N+](=O)[O-])cc1)N1C(=O)[C@@H]2C3c4ccccc4C(c4ccccc43)[C@H]2C1=O. The third kappa shape index (κ3) is 3.85. The Kier molecular flexibility index (Phi) is 5.91. The van der Waals surface area contributed by atoms with Crippen molar-refractivity contribution in [2.45, 2.75) is 18.4 Å². The van der Waals surface area contributed by atoms with Crippen LogP contribution in [0.25, 0.3) is 0 Å². The molecule has 0 unspecified atom stereocenters. The van der Waals surface area contributed by atoms with Gasteiger partial charge in [-0.3, -0.25) is 34.6 Å². The summed E-state index contributed by atoms with van der Waals surface area (Å²) in [6.45, 7) is -0.324. The molecule has 3 amide bonds. The highest BCUT2D eigenvalue weighted by atomic mass is 16.6. The molecule has 2 atom stereocenters. The van der Waals surface area contributed by atoms with Crippen molar-refractivity contribution in [2.75, 3.05) is 0 Å². The highest BCUT2D eigenvalue weighted by Crippen LogP contribution is 2.61. The highest BCUT2D eigenvalue weighted by Gasteiger charge is 2.63. The van der Waals surface area contributed by atoms with Crippen LogP contribution in [0.15, 0.2) is 97.1 Å². The summed E-state index contributed by atoms with van der Waals surface area (Å²) < 4.78 is 0. The normalized spacial score (nSPS) is 21.2. The minimum absolute atomic E-state index is 0.174. The van der Waals surface area contributed by atoms with Gasteiger partial charge in [0.1, 0.15) is 5.56 Å². The van der Waals surface area contributed by atoms with E-state index in [1.807, 2.05) is 48.5 Å². The monoisotopic (exact) mass is 574 g/mol. The van der Waals surface area contributed by atoms with Crippen LogP contribution < -0.4 is 0 Å². The van der Waals surface area contributed by atoms with E-state index in [1.165, 1.54) is 48.5 Å². The number of carbonyl (C=O) groups excluding carboxylic acids is 3. The summed E-state index contributed by atoms with van der Waals surface area (Å²) in [6, 6.07) is 26.1. The molecule has 1 aliphatic heterocycles. The van der Waals surface area contributed by atoms with Crippen molar-refractivity contribution in [1.82, 2.24) is 10.0 Å². The summed E-state index contributed by atoms with van der Waals surface area (Å²) in [7, 11) is 0. The van der Waals surface area contributed by atoms with Gasteiger partial charge in [-0.2, -0.15) is 5.01 Å². The summed E-state index contributed by atoms with van der Waals surface area (Å²) in [5, 5.41) is 24.8. The Balaban J connectivity index is 1.35. The summed E-state index contributed by atoms with van der Waals surface area (Å²) in [5.41, 5.74) is 3.29. The maximum Gasteiger partial charge on any atom is 0.282 e. The number of non-ortho nitro benzene ring substituents is 1. The standard InChI is InChI=1S/C32H22N4O7/c37-30(24-11-5-6-12-25(24)36(42)43)33(17-18-13-15-19(16-14-18)35(40)41)34-31(38)28-26-20-7-1-2-8-21(20)27(29(28)32(34)39)23-10-4-3-9-22(23)26/h1-16,26-29H,17H2/t26?,27?,28-,29-/m1/s1. The number of para-hydroxylation sites is 1. The number of hydrazine groups is 1. The molecule has 4 aromatic rings. The van der Waals surface area contributed by atoms with Crippen molar-refractivity contribution in [1.29, 1.82) is 0 Å². The first kappa shape index (κ1) is 26.2. The average molecular weight is 575 g/mol. The van der Waals surface area contributed by atoms with Gasteiger partial charge >= 0.3 is 0 Å². The van der Waals surface area contributed by atoms with Gasteiger partial charge in [-0.1, -0.05) is 72.8 Å². The molecule has 0 spiro atoms. The van der Waals surface area contributed by atoms with E-state index in [0.29, 0.717) is 5.56 Å². The van der Waals surface area contributed by atoms with E-state index in [1.54, 1.807) is 0 Å². The van der Waals surface area contributed by atoms with Gasteiger partial charge in [-0.25, -0.2) is 5.01 Å². The first-order chi connectivity index (χ1) is 20.8. The van der Waals surface area contributed by atoms with Crippen LogP contribution in [-0.2, 0) is 16.1 Å². The van der Waals surface area contributed by atoms with Crippen LogP contribution in [0.3, 0.4) is 0 Å². The van der Waals surface area contributed by atoms with E-state index in [4.69, 9.17) is 0 Å². The fraction of sp³-hybridized carbons (Fsp3) is 0.156. The second kappa shape index (κ2) is 9.69. The fourth-order valence-electron chi connectivity index (χ4n) is 6.98. The predicted octanol–water partition coefficient (Wildman–Crippen LogP) is 4.95. The van der Waals surface area contributed by atoms with E-state index in [0.717, 1.165) is 32.3 Å². The Hall–Kier alpha value is -5.71. The lowest BCUT2D eigenvalue weighted by atomic mass is 9.55. The van der Waals surface area contributed by atoms with Gasteiger partial charge in [-0.05, 0) is 33.9 Å². The summed E-state index contributed by atoms with van der Waals surface area (Å²) in [6.07, 6.45) is 0. The second-order valence-electron chi connectivity index (χ2n) is 10.8. The zero-order valence-electron chi connectivity index (χ0n) is 22.4. The fourth-order valence-corrected chi connectivity index (χ4v) is 6.98. The molecular weight excluding hydrogens is 552 g/mol. The second-order valence-corrected chi connectivity index (χ2v) is 10.8. The molecule has 212 valence electrons. The molecule has 0 aromatic heterocycles. The minimum atomic E-state index is -0.909. The zero-order chi connectivity index (χ0) is 30.0. The number of nitro groups is 2. The number of amides is 3. The van der Waals surface area contributed by atoms with Crippen molar-refractivity contribution in [2.24, 2.45) is 11.8 Å². The molecule has 2 bridgehead atoms. The third-order valence-corrected chi connectivity index (χ3v) is 8.71. The van der Waals surface area contributed by atoms with Crippen molar-refractivity contribution in [3.63, 3.8) is 0 Å². The van der Waals surface area contributed by atoms with Gasteiger partial charge in [0.2, 0.25) is 0 Å². The topological polar surface area (TPSA) is 144 Å². The lowest BCUT2D eigenvalue weighted by Gasteiger charge is -2.45. The van der Waals surface area contributed by atoms with Crippen LogP contribution in [0.5, 0.6) is 0 Å². The minimum Gasteiger partial charge on any atom is -0.272 e. The largest absolute Gasteiger partial charge is 0.282 e. The van der Waals surface area contributed by atoms with Gasteiger partial charge in [0, 0.05) is 30.0 Å². The number of nitro benzene ring substituents is 2. The van der Waals surface area contributed by atoms with Gasteiger partial charge in [0.25, 0.3) is 29.1 Å². The predicted molar refractivity (Wildman–Crippen MR) is 151 cm³/mol. The Morgan fingerprint density at radius 3 is 1.60 bits per heavy atom. The molecule has 0 radical (unpaired) electrons. The van der Waals surface area contributed by atoms with Crippen molar-refractivity contribution in [3.8, 4) is 0 Å². The molecule has 3 aliphatic carbocycles. The first-order valence-corrected chi connectivity index (χ1v) is 13.6. The number of hydrogen-bond acceptors (Lipinski definition) is 7. The molecule has 1 heterocycles. The summed E-state index contributed by atoms with van der Waals surface area (Å²) in [5.74, 6) is -4.42. The zero-order valence-corrected chi connectivity index (χ0v) is 22.4. The molecule has 0 saturated carbocycles.